The summed E-state index contributed by atoms with van der Waals surface area (Å²) in [6.45, 7) is 13.0. The van der Waals surface area contributed by atoms with E-state index in [4.69, 9.17) is 9.47 Å². The Morgan fingerprint density at radius 2 is 2.07 bits per heavy atom. The highest BCUT2D eigenvalue weighted by atomic mass is 16.6. The van der Waals surface area contributed by atoms with Crippen LogP contribution in [0.3, 0.4) is 0 Å². The molecular weight excluding hydrogens is 366 g/mol. The molecule has 2 aliphatic rings. The quantitative estimate of drug-likeness (QED) is 0.707. The first-order valence-corrected chi connectivity index (χ1v) is 10.0. The molecule has 0 N–H and O–H groups in total. The van der Waals surface area contributed by atoms with E-state index in [9.17, 15) is 4.79 Å². The van der Waals surface area contributed by atoms with E-state index in [1.54, 1.807) is 11.0 Å². The Kier molecular flexibility index (Phi) is 4.94. The van der Waals surface area contributed by atoms with Crippen LogP contribution in [0, 0.1) is 0 Å². The van der Waals surface area contributed by atoms with Crippen LogP contribution >= 0.6 is 0 Å². The SMILES string of the molecule is C=CC(=C)COC(=O)N1CCC2(CC1)Oc1ccccc1-c1c2cnn1C(C)C. The lowest BCUT2D eigenvalue weighted by Crippen LogP contribution is -2.49. The number of likely N-dealkylation sites (tertiary alicyclic amines) is 1. The van der Waals surface area contributed by atoms with Crippen molar-refractivity contribution in [1.29, 1.82) is 0 Å². The molecule has 4 rings (SSSR count). The zero-order valence-corrected chi connectivity index (χ0v) is 17.1. The molecule has 2 aliphatic heterocycles. The zero-order chi connectivity index (χ0) is 20.6. The largest absolute Gasteiger partial charge is 0.482 e. The molecule has 6 heteroatoms. The lowest BCUT2D eigenvalue weighted by Gasteiger charge is -2.44. The fourth-order valence-corrected chi connectivity index (χ4v) is 4.10. The number of ether oxygens (including phenoxy) is 2. The number of rotatable bonds is 4. The average Bonchev–Trinajstić information content (AvgIpc) is 3.19. The van der Waals surface area contributed by atoms with Gasteiger partial charge in [0.15, 0.2) is 0 Å². The van der Waals surface area contributed by atoms with Crippen molar-refractivity contribution in [3.63, 3.8) is 0 Å². The van der Waals surface area contributed by atoms with Gasteiger partial charge in [-0.15, -0.1) is 0 Å². The fraction of sp³-hybridized carbons (Fsp3) is 0.391. The van der Waals surface area contributed by atoms with Gasteiger partial charge in [0.2, 0.25) is 0 Å². The standard InChI is InChI=1S/C23H27N3O3/c1-5-17(4)15-28-22(27)25-12-10-23(11-13-25)19-14-24-26(16(2)3)21(19)18-8-6-7-9-20(18)29-23/h5-9,14,16H,1,4,10-13,15H2,2-3H3. The van der Waals surface area contributed by atoms with Gasteiger partial charge in [0.25, 0.3) is 0 Å². The molecule has 0 aliphatic carbocycles. The molecule has 1 aromatic heterocycles. The van der Waals surface area contributed by atoms with Crippen LogP contribution in [0.15, 0.2) is 55.3 Å². The number of hydrogen-bond donors (Lipinski definition) is 0. The predicted molar refractivity (Wildman–Crippen MR) is 112 cm³/mol. The maximum Gasteiger partial charge on any atom is 0.410 e. The van der Waals surface area contributed by atoms with Crippen LogP contribution in [0.5, 0.6) is 5.75 Å². The van der Waals surface area contributed by atoms with Gasteiger partial charge in [-0.3, -0.25) is 4.68 Å². The molecular formula is C23H27N3O3. The van der Waals surface area contributed by atoms with Crippen LogP contribution in [-0.2, 0) is 10.3 Å². The van der Waals surface area contributed by atoms with Crippen LogP contribution in [0.4, 0.5) is 4.79 Å². The van der Waals surface area contributed by atoms with Gasteiger partial charge in [-0.2, -0.15) is 5.10 Å². The Labute approximate surface area is 171 Å². The Morgan fingerprint density at radius 3 is 2.76 bits per heavy atom. The molecule has 0 saturated carbocycles. The van der Waals surface area contributed by atoms with E-state index in [1.165, 1.54) is 0 Å². The Bertz CT molecular complexity index is 952. The van der Waals surface area contributed by atoms with Crippen LogP contribution < -0.4 is 4.74 Å². The molecule has 6 nitrogen and oxygen atoms in total. The molecule has 152 valence electrons. The van der Waals surface area contributed by atoms with Gasteiger partial charge in [-0.1, -0.05) is 31.4 Å². The number of amides is 1. The van der Waals surface area contributed by atoms with E-state index >= 15 is 0 Å². The van der Waals surface area contributed by atoms with Crippen molar-refractivity contribution in [2.45, 2.75) is 38.3 Å². The van der Waals surface area contributed by atoms with Crippen molar-refractivity contribution in [3.8, 4) is 17.0 Å². The zero-order valence-electron chi connectivity index (χ0n) is 17.1. The summed E-state index contributed by atoms with van der Waals surface area (Å²) in [5.41, 5.74) is 3.52. The van der Waals surface area contributed by atoms with Gasteiger partial charge in [0.05, 0.1) is 11.9 Å². The minimum absolute atomic E-state index is 0.166. The minimum atomic E-state index is -0.474. The summed E-state index contributed by atoms with van der Waals surface area (Å²) in [6, 6.07) is 8.36. The molecule has 1 fully saturated rings. The Morgan fingerprint density at radius 1 is 1.34 bits per heavy atom. The van der Waals surface area contributed by atoms with E-state index in [0.29, 0.717) is 31.5 Å². The van der Waals surface area contributed by atoms with E-state index in [2.05, 4.69) is 42.9 Å². The van der Waals surface area contributed by atoms with Crippen LogP contribution in [-0.4, -0.2) is 40.5 Å². The highest BCUT2D eigenvalue weighted by molar-refractivity contribution is 5.74. The van der Waals surface area contributed by atoms with Crippen LogP contribution in [0.25, 0.3) is 11.3 Å². The van der Waals surface area contributed by atoms with Gasteiger partial charge in [0, 0.05) is 43.1 Å². The first kappa shape index (κ1) is 19.3. The number of nitrogens with zero attached hydrogens (tertiary/aromatic N) is 3. The number of hydrogen-bond acceptors (Lipinski definition) is 4. The Hall–Kier alpha value is -3.02. The second kappa shape index (κ2) is 7.43. The number of aromatic nitrogens is 2. The van der Waals surface area contributed by atoms with Crippen molar-refractivity contribution < 1.29 is 14.3 Å². The van der Waals surface area contributed by atoms with Crippen molar-refractivity contribution in [3.05, 3.63) is 60.8 Å². The molecule has 1 aromatic carbocycles. The fourth-order valence-electron chi connectivity index (χ4n) is 4.10. The predicted octanol–water partition coefficient (Wildman–Crippen LogP) is 4.69. The van der Waals surface area contributed by atoms with Crippen molar-refractivity contribution in [2.75, 3.05) is 19.7 Å². The van der Waals surface area contributed by atoms with Gasteiger partial charge >= 0.3 is 6.09 Å². The molecule has 1 spiro atoms. The molecule has 3 heterocycles. The molecule has 0 radical (unpaired) electrons. The lowest BCUT2D eigenvalue weighted by molar-refractivity contribution is -0.00463. The van der Waals surface area contributed by atoms with Crippen LogP contribution in [0.1, 0.15) is 38.3 Å². The third-order valence-electron chi connectivity index (χ3n) is 5.72. The summed E-state index contributed by atoms with van der Waals surface area (Å²) in [5.74, 6) is 0.876. The molecule has 0 atom stereocenters. The van der Waals surface area contributed by atoms with E-state index < -0.39 is 5.60 Å². The minimum Gasteiger partial charge on any atom is -0.482 e. The van der Waals surface area contributed by atoms with E-state index in [0.717, 1.165) is 22.6 Å². The summed E-state index contributed by atoms with van der Waals surface area (Å²) in [4.78, 5) is 14.1. The maximum atomic E-state index is 12.4. The molecule has 29 heavy (non-hydrogen) atoms. The topological polar surface area (TPSA) is 56.6 Å². The van der Waals surface area contributed by atoms with Crippen molar-refractivity contribution >= 4 is 6.09 Å². The number of benzene rings is 1. The number of carbonyl (C=O) groups excluding carboxylic acids is 1. The summed E-state index contributed by atoms with van der Waals surface area (Å²) in [6.07, 6.45) is 4.59. The second-order valence-electron chi connectivity index (χ2n) is 7.94. The molecule has 0 bridgehead atoms. The molecule has 1 amide bonds. The van der Waals surface area contributed by atoms with Gasteiger partial charge in [-0.25, -0.2) is 4.79 Å². The second-order valence-corrected chi connectivity index (χ2v) is 7.94. The van der Waals surface area contributed by atoms with Gasteiger partial charge in [-0.05, 0) is 31.6 Å². The number of fused-ring (bicyclic) bond motifs is 4. The normalized spacial score (nSPS) is 16.7. The molecule has 0 unspecified atom stereocenters. The third-order valence-corrected chi connectivity index (χ3v) is 5.72. The summed E-state index contributed by atoms with van der Waals surface area (Å²) in [5, 5.41) is 4.67. The molecule has 1 saturated heterocycles. The smallest absolute Gasteiger partial charge is 0.410 e. The maximum absolute atomic E-state index is 12.4. The first-order valence-electron chi connectivity index (χ1n) is 10.0. The number of piperidine rings is 1. The highest BCUT2D eigenvalue weighted by Gasteiger charge is 2.46. The summed E-state index contributed by atoms with van der Waals surface area (Å²) < 4.78 is 14.0. The van der Waals surface area contributed by atoms with Crippen LogP contribution in [0.2, 0.25) is 0 Å². The highest BCUT2D eigenvalue weighted by Crippen LogP contribution is 2.50. The van der Waals surface area contributed by atoms with Gasteiger partial charge < -0.3 is 14.4 Å². The monoisotopic (exact) mass is 393 g/mol. The molecule has 2 aromatic rings. The average molecular weight is 393 g/mol. The summed E-state index contributed by atoms with van der Waals surface area (Å²) in [7, 11) is 0. The first-order chi connectivity index (χ1) is 13.9. The lowest BCUT2D eigenvalue weighted by atomic mass is 9.81. The Balaban J connectivity index is 1.58. The summed E-state index contributed by atoms with van der Waals surface area (Å²) >= 11 is 0. The van der Waals surface area contributed by atoms with Crippen molar-refractivity contribution in [1.82, 2.24) is 14.7 Å². The third kappa shape index (κ3) is 3.33. The number of para-hydroxylation sites is 1. The van der Waals surface area contributed by atoms with Gasteiger partial charge in [0.1, 0.15) is 18.0 Å². The van der Waals surface area contributed by atoms with E-state index in [1.807, 2.05) is 24.4 Å². The number of carbonyl (C=O) groups is 1. The van der Waals surface area contributed by atoms with E-state index in [-0.39, 0.29) is 18.7 Å². The van der Waals surface area contributed by atoms with Crippen molar-refractivity contribution in [2.24, 2.45) is 0 Å².